The van der Waals surface area contributed by atoms with Crippen LogP contribution in [0.2, 0.25) is 5.02 Å². The molecule has 0 aliphatic heterocycles. The smallest absolute Gasteiger partial charge is 0.173 e. The Hall–Kier alpha value is -0.800. The number of rotatable bonds is 2. The van der Waals surface area contributed by atoms with Crippen LogP contribution in [0.25, 0.3) is 0 Å². The first-order valence-corrected chi connectivity index (χ1v) is 9.55. The first kappa shape index (κ1) is 15.7. The quantitative estimate of drug-likeness (QED) is 0.735. The summed E-state index contributed by atoms with van der Waals surface area (Å²) in [6.07, 6.45) is 8.35. The number of halogens is 1. The number of hydrogen-bond donors (Lipinski definition) is 1. The molecule has 4 aliphatic carbocycles. The number of nitrogens with one attached hydrogen (secondary N) is 1. The van der Waals surface area contributed by atoms with Gasteiger partial charge in [-0.05, 0) is 93.1 Å². The van der Waals surface area contributed by atoms with Gasteiger partial charge in [-0.15, -0.1) is 0 Å². The van der Waals surface area contributed by atoms with E-state index in [1.165, 1.54) is 38.5 Å². The highest BCUT2D eigenvalue weighted by molar-refractivity contribution is 7.80. The second-order valence-corrected chi connectivity index (χ2v) is 8.84. The fourth-order valence-corrected chi connectivity index (χ4v) is 6.11. The summed E-state index contributed by atoms with van der Waals surface area (Å²) in [4.78, 5) is 2.38. The van der Waals surface area contributed by atoms with E-state index in [9.17, 15) is 0 Å². The molecule has 23 heavy (non-hydrogen) atoms. The molecule has 5 rings (SSSR count). The van der Waals surface area contributed by atoms with Crippen molar-refractivity contribution in [2.75, 3.05) is 12.4 Å². The Balaban J connectivity index is 1.53. The lowest BCUT2D eigenvalue weighted by Crippen LogP contribution is -2.60. The van der Waals surface area contributed by atoms with Crippen molar-refractivity contribution in [3.05, 3.63) is 28.8 Å². The molecule has 1 aromatic rings. The summed E-state index contributed by atoms with van der Waals surface area (Å²) in [5, 5.41) is 5.08. The number of nitrogens with zero attached hydrogens (tertiary/aromatic N) is 1. The van der Waals surface area contributed by atoms with E-state index in [0.717, 1.165) is 39.1 Å². The molecule has 0 aromatic heterocycles. The molecule has 4 saturated carbocycles. The Morgan fingerprint density at radius 2 is 1.74 bits per heavy atom. The highest BCUT2D eigenvalue weighted by Gasteiger charge is 2.53. The van der Waals surface area contributed by atoms with Gasteiger partial charge in [0.05, 0.1) is 0 Å². The van der Waals surface area contributed by atoms with Crippen LogP contribution in [0.5, 0.6) is 0 Å². The molecule has 0 unspecified atom stereocenters. The summed E-state index contributed by atoms with van der Waals surface area (Å²) >= 11 is 12.0. The monoisotopic (exact) mass is 348 g/mol. The van der Waals surface area contributed by atoms with Gasteiger partial charge in [0, 0.05) is 23.3 Å². The van der Waals surface area contributed by atoms with Crippen molar-refractivity contribution in [2.45, 2.75) is 51.0 Å². The predicted octanol–water partition coefficient (Wildman–Crippen LogP) is 5.25. The van der Waals surface area contributed by atoms with Gasteiger partial charge in [-0.2, -0.15) is 0 Å². The van der Waals surface area contributed by atoms with Crippen LogP contribution in [0.4, 0.5) is 5.69 Å². The lowest BCUT2D eigenvalue weighted by atomic mass is 9.52. The normalized spacial score (nSPS) is 34.5. The zero-order chi connectivity index (χ0) is 16.2. The average molecular weight is 349 g/mol. The summed E-state index contributed by atoms with van der Waals surface area (Å²) in [7, 11) is 2.20. The zero-order valence-electron chi connectivity index (χ0n) is 13.9. The van der Waals surface area contributed by atoms with Gasteiger partial charge >= 0.3 is 0 Å². The Morgan fingerprint density at radius 1 is 1.17 bits per heavy atom. The van der Waals surface area contributed by atoms with E-state index < -0.39 is 0 Å². The van der Waals surface area contributed by atoms with Gasteiger partial charge in [-0.1, -0.05) is 17.7 Å². The topological polar surface area (TPSA) is 15.3 Å². The van der Waals surface area contributed by atoms with Gasteiger partial charge in [-0.3, -0.25) is 0 Å². The fraction of sp³-hybridized carbons (Fsp3) is 0.632. The second-order valence-electron chi connectivity index (χ2n) is 8.04. The SMILES string of the molecule is Cc1c(Cl)cccc1NC(=S)N(C)C12CC3CC(CC(C3)C1)C2. The minimum absolute atomic E-state index is 0.297. The summed E-state index contributed by atoms with van der Waals surface area (Å²) in [5.74, 6) is 2.79. The molecule has 0 amide bonds. The Bertz CT molecular complexity index is 607. The molecule has 1 N–H and O–H groups in total. The predicted molar refractivity (Wildman–Crippen MR) is 101 cm³/mol. The number of benzene rings is 1. The molecule has 0 radical (unpaired) electrons. The molecule has 4 bridgehead atoms. The van der Waals surface area contributed by atoms with Crippen LogP contribution in [0.15, 0.2) is 18.2 Å². The number of hydrogen-bond acceptors (Lipinski definition) is 1. The van der Waals surface area contributed by atoms with Crippen molar-refractivity contribution >= 4 is 34.6 Å². The van der Waals surface area contributed by atoms with Crippen LogP contribution in [0, 0.1) is 24.7 Å². The van der Waals surface area contributed by atoms with Crippen molar-refractivity contribution in [3.8, 4) is 0 Å². The molecule has 4 fully saturated rings. The van der Waals surface area contributed by atoms with Gasteiger partial charge < -0.3 is 10.2 Å². The van der Waals surface area contributed by atoms with E-state index in [4.69, 9.17) is 23.8 Å². The Labute approximate surface area is 149 Å². The van der Waals surface area contributed by atoms with Crippen molar-refractivity contribution < 1.29 is 0 Å². The van der Waals surface area contributed by atoms with Crippen LogP contribution in [-0.4, -0.2) is 22.6 Å². The molecule has 4 aliphatic rings. The third-order valence-corrected chi connectivity index (χ3v) is 7.32. The molecule has 2 nitrogen and oxygen atoms in total. The van der Waals surface area contributed by atoms with E-state index in [1.54, 1.807) is 0 Å². The minimum atomic E-state index is 0.297. The largest absolute Gasteiger partial charge is 0.346 e. The molecule has 1 aromatic carbocycles. The fourth-order valence-electron chi connectivity index (χ4n) is 5.63. The first-order chi connectivity index (χ1) is 11.0. The first-order valence-electron chi connectivity index (χ1n) is 8.77. The van der Waals surface area contributed by atoms with Gasteiger partial charge in [0.2, 0.25) is 0 Å². The molecule has 0 spiro atoms. The summed E-state index contributed by atoms with van der Waals surface area (Å²) in [5.41, 5.74) is 2.39. The maximum Gasteiger partial charge on any atom is 0.173 e. The molecular weight excluding hydrogens is 324 g/mol. The highest BCUT2D eigenvalue weighted by Crippen LogP contribution is 2.57. The highest BCUT2D eigenvalue weighted by atomic mass is 35.5. The van der Waals surface area contributed by atoms with Gasteiger partial charge in [0.25, 0.3) is 0 Å². The molecule has 0 heterocycles. The number of anilines is 1. The van der Waals surface area contributed by atoms with E-state index in [-0.39, 0.29) is 0 Å². The van der Waals surface area contributed by atoms with E-state index in [2.05, 4.69) is 23.3 Å². The van der Waals surface area contributed by atoms with Crippen LogP contribution in [-0.2, 0) is 0 Å². The van der Waals surface area contributed by atoms with Gasteiger partial charge in [-0.25, -0.2) is 0 Å². The van der Waals surface area contributed by atoms with E-state index in [1.807, 2.05) is 19.1 Å². The molecule has 124 valence electrons. The molecular formula is C19H25ClN2S. The zero-order valence-corrected chi connectivity index (χ0v) is 15.5. The molecule has 4 heteroatoms. The van der Waals surface area contributed by atoms with Crippen molar-refractivity contribution in [1.82, 2.24) is 4.90 Å². The maximum absolute atomic E-state index is 6.24. The van der Waals surface area contributed by atoms with Crippen molar-refractivity contribution in [2.24, 2.45) is 17.8 Å². The van der Waals surface area contributed by atoms with Gasteiger partial charge in [0.15, 0.2) is 5.11 Å². The molecule has 0 saturated heterocycles. The summed E-state index contributed by atoms with van der Waals surface area (Å²) < 4.78 is 0. The maximum atomic E-state index is 6.24. The van der Waals surface area contributed by atoms with Crippen LogP contribution >= 0.6 is 23.8 Å². The van der Waals surface area contributed by atoms with Crippen molar-refractivity contribution in [3.63, 3.8) is 0 Å². The Morgan fingerprint density at radius 3 is 2.30 bits per heavy atom. The average Bonchev–Trinajstić information content (AvgIpc) is 2.49. The Kier molecular flexibility index (Phi) is 3.85. The van der Waals surface area contributed by atoms with Crippen LogP contribution < -0.4 is 5.32 Å². The lowest BCUT2D eigenvalue weighted by Gasteiger charge is -2.60. The third kappa shape index (κ3) is 2.66. The van der Waals surface area contributed by atoms with E-state index in [0.29, 0.717) is 5.54 Å². The third-order valence-electron chi connectivity index (χ3n) is 6.53. The van der Waals surface area contributed by atoms with Crippen LogP contribution in [0.3, 0.4) is 0 Å². The molecule has 0 atom stereocenters. The summed E-state index contributed by atoms with van der Waals surface area (Å²) in [6.45, 7) is 2.04. The second kappa shape index (κ2) is 5.63. The summed E-state index contributed by atoms with van der Waals surface area (Å²) in [6, 6.07) is 5.96. The lowest BCUT2D eigenvalue weighted by molar-refractivity contribution is -0.0538. The standard InChI is InChI=1S/C19H25ClN2S/c1-12-16(20)4-3-5-17(12)21-18(23)22(2)19-9-13-6-14(10-19)8-15(7-13)11-19/h3-5,13-15H,6-11H2,1-2H3,(H,21,23). The number of thiocarbonyl (C=S) groups is 1. The van der Waals surface area contributed by atoms with E-state index >= 15 is 0 Å². The van der Waals surface area contributed by atoms with Crippen molar-refractivity contribution in [1.29, 1.82) is 0 Å². The van der Waals surface area contributed by atoms with Gasteiger partial charge in [0.1, 0.15) is 0 Å². The van der Waals surface area contributed by atoms with Crippen LogP contribution in [0.1, 0.15) is 44.1 Å². The minimum Gasteiger partial charge on any atom is -0.346 e.